The average Bonchev–Trinajstić information content (AvgIpc) is 3.08. The van der Waals surface area contributed by atoms with Crippen LogP contribution < -0.4 is 11.1 Å². The Labute approximate surface area is 189 Å². The minimum Gasteiger partial charge on any atom is -0.393 e. The van der Waals surface area contributed by atoms with E-state index in [-0.39, 0.29) is 29.3 Å². The van der Waals surface area contributed by atoms with E-state index in [2.05, 4.69) is 33.0 Å². The number of aromatic nitrogens is 2. The number of nitrogens with zero attached hydrogens (tertiary/aromatic N) is 2. The highest BCUT2D eigenvalue weighted by molar-refractivity contribution is 6.00. The molecular formula is C25H34N4O3. The first-order valence-electron chi connectivity index (χ1n) is 11.6. The molecule has 0 spiro atoms. The van der Waals surface area contributed by atoms with E-state index >= 15 is 0 Å². The molecule has 4 N–H and O–H groups in total. The number of anilines is 1. The zero-order valence-corrected chi connectivity index (χ0v) is 19.4. The van der Waals surface area contributed by atoms with Crippen LogP contribution in [-0.2, 0) is 6.42 Å². The summed E-state index contributed by atoms with van der Waals surface area (Å²) >= 11 is 0. The van der Waals surface area contributed by atoms with Gasteiger partial charge >= 0.3 is 0 Å². The summed E-state index contributed by atoms with van der Waals surface area (Å²) in [5.41, 5.74) is 9.96. The van der Waals surface area contributed by atoms with Gasteiger partial charge < -0.3 is 16.2 Å². The second kappa shape index (κ2) is 8.35. The van der Waals surface area contributed by atoms with Crippen LogP contribution in [-0.4, -0.2) is 38.7 Å². The zero-order chi connectivity index (χ0) is 23.2. The Morgan fingerprint density at radius 2 is 1.91 bits per heavy atom. The Bertz CT molecular complexity index is 1050. The molecule has 2 aliphatic rings. The highest BCUT2D eigenvalue weighted by atomic mass is 16.3. The van der Waals surface area contributed by atoms with Crippen molar-refractivity contribution < 1.29 is 14.7 Å². The van der Waals surface area contributed by atoms with Crippen LogP contribution in [0.2, 0.25) is 0 Å². The predicted octanol–water partition coefficient (Wildman–Crippen LogP) is 3.97. The average molecular weight is 439 g/mol. The second-order valence-corrected chi connectivity index (χ2v) is 10.5. The van der Waals surface area contributed by atoms with Gasteiger partial charge in [-0.3, -0.25) is 9.59 Å². The number of hydrogen-bond acceptors (Lipinski definition) is 5. The molecule has 1 amide bonds. The summed E-state index contributed by atoms with van der Waals surface area (Å²) < 4.78 is 1.88. The molecule has 2 aromatic rings. The molecule has 1 fully saturated rings. The van der Waals surface area contributed by atoms with Crippen molar-refractivity contribution >= 4 is 17.4 Å². The first-order chi connectivity index (χ1) is 15.1. The van der Waals surface area contributed by atoms with Crippen molar-refractivity contribution in [2.24, 2.45) is 11.1 Å². The number of aliphatic hydroxyl groups is 1. The number of nitrogens with one attached hydrogen (secondary N) is 1. The van der Waals surface area contributed by atoms with Gasteiger partial charge in [0.05, 0.1) is 34.3 Å². The molecule has 7 heteroatoms. The molecule has 0 radical (unpaired) electrons. The summed E-state index contributed by atoms with van der Waals surface area (Å²) in [7, 11) is 0. The number of carbonyl (C=O) groups excluding carboxylic acids is 2. The molecule has 4 rings (SSSR count). The van der Waals surface area contributed by atoms with Gasteiger partial charge in [-0.15, -0.1) is 0 Å². The van der Waals surface area contributed by atoms with Crippen LogP contribution in [0.3, 0.4) is 0 Å². The lowest BCUT2D eigenvalue weighted by Gasteiger charge is -2.30. The van der Waals surface area contributed by atoms with E-state index in [1.165, 1.54) is 0 Å². The molecule has 1 aromatic heterocycles. The minimum atomic E-state index is -0.489. The number of primary amides is 1. The molecule has 1 heterocycles. The fourth-order valence-electron chi connectivity index (χ4n) is 5.03. The molecule has 0 atom stereocenters. The molecule has 2 aliphatic carbocycles. The Hall–Kier alpha value is -2.67. The lowest BCUT2D eigenvalue weighted by molar-refractivity contribution is 0.0908. The summed E-state index contributed by atoms with van der Waals surface area (Å²) in [6.07, 6.45) is 4.18. The van der Waals surface area contributed by atoms with Gasteiger partial charge in [-0.25, -0.2) is 4.68 Å². The van der Waals surface area contributed by atoms with Gasteiger partial charge in [-0.1, -0.05) is 27.7 Å². The smallest absolute Gasteiger partial charge is 0.250 e. The van der Waals surface area contributed by atoms with Gasteiger partial charge in [0.25, 0.3) is 5.91 Å². The van der Waals surface area contributed by atoms with E-state index in [9.17, 15) is 14.7 Å². The van der Waals surface area contributed by atoms with E-state index in [0.29, 0.717) is 17.7 Å². The molecular weight excluding hydrogens is 404 g/mol. The lowest BCUT2D eigenvalue weighted by Crippen LogP contribution is -2.29. The standard InChI is InChI=1S/C25H34N4O3/c1-14(2)23-22-20(12-25(3,4)13-21(22)31)29(28-23)16-7-10-18(24(26)32)19(11-16)27-15-5-8-17(30)9-6-15/h7,10-11,14-15,17,27,30H,5-6,8-9,12-13H2,1-4H3,(H2,26,32). The molecule has 32 heavy (non-hydrogen) atoms. The van der Waals surface area contributed by atoms with Crippen LogP contribution in [0.5, 0.6) is 0 Å². The minimum absolute atomic E-state index is 0.131. The monoisotopic (exact) mass is 438 g/mol. The van der Waals surface area contributed by atoms with E-state index in [4.69, 9.17) is 10.8 Å². The third-order valence-corrected chi connectivity index (χ3v) is 6.69. The number of ketones is 1. The Balaban J connectivity index is 1.78. The maximum atomic E-state index is 13.0. The number of benzene rings is 1. The van der Waals surface area contributed by atoms with Gasteiger partial charge in [0.1, 0.15) is 0 Å². The number of nitrogens with two attached hydrogens (primary N) is 1. The van der Waals surface area contributed by atoms with Gasteiger partial charge in [0.2, 0.25) is 0 Å². The summed E-state index contributed by atoms with van der Waals surface area (Å²) in [4.78, 5) is 25.1. The first-order valence-corrected chi connectivity index (χ1v) is 11.6. The number of rotatable bonds is 5. The molecule has 7 nitrogen and oxygen atoms in total. The number of amides is 1. The molecule has 172 valence electrons. The summed E-state index contributed by atoms with van der Waals surface area (Å²) in [6, 6.07) is 5.66. The van der Waals surface area contributed by atoms with Crippen molar-refractivity contribution in [3.63, 3.8) is 0 Å². The van der Waals surface area contributed by atoms with E-state index < -0.39 is 5.91 Å². The van der Waals surface area contributed by atoms with Crippen molar-refractivity contribution in [2.45, 2.75) is 84.3 Å². The highest BCUT2D eigenvalue weighted by Crippen LogP contribution is 2.39. The van der Waals surface area contributed by atoms with Crippen molar-refractivity contribution in [3.05, 3.63) is 40.7 Å². The van der Waals surface area contributed by atoms with E-state index in [1.807, 2.05) is 16.8 Å². The summed E-state index contributed by atoms with van der Waals surface area (Å²) in [5, 5.41) is 18.2. The molecule has 0 saturated heterocycles. The Morgan fingerprint density at radius 3 is 2.53 bits per heavy atom. The molecule has 0 unspecified atom stereocenters. The topological polar surface area (TPSA) is 110 Å². The molecule has 1 aromatic carbocycles. The van der Waals surface area contributed by atoms with Crippen LogP contribution in [0.4, 0.5) is 5.69 Å². The summed E-state index contributed by atoms with van der Waals surface area (Å²) in [6.45, 7) is 8.34. The quantitative estimate of drug-likeness (QED) is 0.654. The maximum Gasteiger partial charge on any atom is 0.250 e. The van der Waals surface area contributed by atoms with Crippen molar-refractivity contribution in [2.75, 3.05) is 5.32 Å². The summed E-state index contributed by atoms with van der Waals surface area (Å²) in [5.74, 6) is -0.207. The zero-order valence-electron chi connectivity index (χ0n) is 19.4. The van der Waals surface area contributed by atoms with E-state index in [1.54, 1.807) is 6.07 Å². The maximum absolute atomic E-state index is 13.0. The van der Waals surface area contributed by atoms with Gasteiger partial charge in [-0.05, 0) is 61.6 Å². The number of carbonyl (C=O) groups is 2. The van der Waals surface area contributed by atoms with Crippen molar-refractivity contribution in [3.8, 4) is 5.69 Å². The number of hydrogen-bond donors (Lipinski definition) is 3. The normalized spacial score (nSPS) is 22.6. The van der Waals surface area contributed by atoms with Gasteiger partial charge in [0, 0.05) is 18.2 Å². The largest absolute Gasteiger partial charge is 0.393 e. The number of aliphatic hydroxyl groups excluding tert-OH is 1. The Morgan fingerprint density at radius 1 is 1.22 bits per heavy atom. The number of Topliss-reactive ketones (excluding diaryl/α,β-unsaturated/α-hetero) is 1. The SMILES string of the molecule is CC(C)c1nn(-c2ccc(C(N)=O)c(NC3CCC(O)CC3)c2)c2c1C(=O)CC(C)(C)C2. The fourth-order valence-corrected chi connectivity index (χ4v) is 5.03. The van der Waals surface area contributed by atoms with Crippen LogP contribution >= 0.6 is 0 Å². The van der Waals surface area contributed by atoms with Crippen molar-refractivity contribution in [1.82, 2.24) is 9.78 Å². The van der Waals surface area contributed by atoms with Crippen LogP contribution in [0.1, 0.15) is 97.8 Å². The molecule has 0 bridgehead atoms. The molecule has 1 saturated carbocycles. The Kier molecular flexibility index (Phi) is 5.88. The van der Waals surface area contributed by atoms with E-state index in [0.717, 1.165) is 54.7 Å². The third kappa shape index (κ3) is 4.31. The predicted molar refractivity (Wildman–Crippen MR) is 124 cm³/mol. The van der Waals surface area contributed by atoms with Crippen LogP contribution in [0.15, 0.2) is 18.2 Å². The second-order valence-electron chi connectivity index (χ2n) is 10.5. The lowest BCUT2D eigenvalue weighted by atomic mass is 9.75. The van der Waals surface area contributed by atoms with Crippen LogP contribution in [0, 0.1) is 5.41 Å². The number of fused-ring (bicyclic) bond motifs is 1. The van der Waals surface area contributed by atoms with Gasteiger partial charge in [0.15, 0.2) is 5.78 Å². The first kappa shape index (κ1) is 22.5. The van der Waals surface area contributed by atoms with Gasteiger partial charge in [-0.2, -0.15) is 5.10 Å². The highest BCUT2D eigenvalue weighted by Gasteiger charge is 2.37. The molecule has 0 aliphatic heterocycles. The van der Waals surface area contributed by atoms with Crippen LogP contribution in [0.25, 0.3) is 5.69 Å². The third-order valence-electron chi connectivity index (χ3n) is 6.69. The van der Waals surface area contributed by atoms with Crippen molar-refractivity contribution in [1.29, 1.82) is 0 Å². The fraction of sp³-hybridized carbons (Fsp3) is 0.560.